The Bertz CT molecular complexity index is 2930. The Balaban J connectivity index is 1.13. The summed E-state index contributed by atoms with van der Waals surface area (Å²) in [6.45, 7) is 4.75. The van der Waals surface area contributed by atoms with Crippen molar-refractivity contribution in [2.24, 2.45) is 0 Å². The lowest BCUT2D eigenvalue weighted by Crippen LogP contribution is -2.14. The van der Waals surface area contributed by atoms with E-state index in [2.05, 4.69) is 187 Å². The van der Waals surface area contributed by atoms with Crippen LogP contribution in [0.2, 0.25) is 0 Å². The van der Waals surface area contributed by atoms with Gasteiger partial charge in [0, 0.05) is 49.7 Å². The molecule has 1 atom stereocenters. The van der Waals surface area contributed by atoms with Gasteiger partial charge in [-0.1, -0.05) is 123 Å². The highest BCUT2D eigenvalue weighted by atomic mass is 15.0. The van der Waals surface area contributed by atoms with Gasteiger partial charge in [0.25, 0.3) is 0 Å². The van der Waals surface area contributed by atoms with Crippen molar-refractivity contribution < 1.29 is 0 Å². The molecule has 7 aromatic carbocycles. The number of allylic oxidation sites excluding steroid dienone is 2. The van der Waals surface area contributed by atoms with E-state index >= 15 is 0 Å². The zero-order chi connectivity index (χ0) is 35.3. The highest BCUT2D eigenvalue weighted by Gasteiger charge is 2.36. The van der Waals surface area contributed by atoms with Gasteiger partial charge < -0.3 is 9.13 Å². The fourth-order valence-electron chi connectivity index (χ4n) is 9.69. The zero-order valence-corrected chi connectivity index (χ0v) is 30.2. The van der Waals surface area contributed by atoms with Crippen molar-refractivity contribution in [2.45, 2.75) is 44.6 Å². The van der Waals surface area contributed by atoms with E-state index in [4.69, 9.17) is 0 Å². The molecule has 53 heavy (non-hydrogen) atoms. The van der Waals surface area contributed by atoms with Gasteiger partial charge >= 0.3 is 0 Å². The van der Waals surface area contributed by atoms with Gasteiger partial charge in [-0.3, -0.25) is 0 Å². The normalized spacial score (nSPS) is 16.2. The smallest absolute Gasteiger partial charge is 0.0544 e. The van der Waals surface area contributed by atoms with Gasteiger partial charge in [-0.2, -0.15) is 0 Å². The van der Waals surface area contributed by atoms with Crippen molar-refractivity contribution in [3.8, 4) is 39.1 Å². The first-order chi connectivity index (χ1) is 26.0. The number of aromatic nitrogens is 2. The molecule has 2 heteroatoms. The van der Waals surface area contributed by atoms with Gasteiger partial charge in [0.1, 0.15) is 0 Å². The molecule has 0 spiro atoms. The van der Waals surface area contributed by atoms with Crippen molar-refractivity contribution in [3.63, 3.8) is 0 Å². The largest absolute Gasteiger partial charge is 0.337 e. The van der Waals surface area contributed by atoms with Gasteiger partial charge in [0.2, 0.25) is 0 Å². The van der Waals surface area contributed by atoms with Crippen molar-refractivity contribution in [2.75, 3.05) is 0 Å². The van der Waals surface area contributed by atoms with E-state index in [0.717, 1.165) is 12.8 Å². The van der Waals surface area contributed by atoms with E-state index in [1.807, 2.05) is 0 Å². The Morgan fingerprint density at radius 3 is 1.91 bits per heavy atom. The first-order valence-corrected chi connectivity index (χ1v) is 19.1. The second kappa shape index (κ2) is 11.4. The molecule has 1 unspecified atom stereocenters. The molecule has 0 saturated carbocycles. The van der Waals surface area contributed by atoms with E-state index in [0.29, 0.717) is 6.04 Å². The highest BCUT2D eigenvalue weighted by Crippen LogP contribution is 2.51. The van der Waals surface area contributed by atoms with Crippen LogP contribution in [-0.4, -0.2) is 9.13 Å². The lowest BCUT2D eigenvalue weighted by molar-refractivity contribution is 0.485. The summed E-state index contributed by atoms with van der Waals surface area (Å²) in [6, 6.07) is 57.4. The number of rotatable bonds is 4. The fraction of sp³-hybridized carbons (Fsp3) is 0.137. The minimum absolute atomic E-state index is 0.0772. The van der Waals surface area contributed by atoms with Gasteiger partial charge in [-0.05, 0) is 118 Å². The lowest BCUT2D eigenvalue weighted by Gasteiger charge is -2.22. The molecule has 9 aromatic rings. The third-order valence-electron chi connectivity index (χ3n) is 12.4. The number of hydrogen-bond acceptors (Lipinski definition) is 0. The fourth-order valence-corrected chi connectivity index (χ4v) is 9.69. The Labute approximate surface area is 310 Å². The van der Waals surface area contributed by atoms with Crippen LogP contribution in [-0.2, 0) is 5.41 Å². The molecular formula is C51H40N2. The maximum atomic E-state index is 2.61. The summed E-state index contributed by atoms with van der Waals surface area (Å²) in [4.78, 5) is 0. The third kappa shape index (κ3) is 4.51. The van der Waals surface area contributed by atoms with Crippen molar-refractivity contribution in [1.82, 2.24) is 9.13 Å². The van der Waals surface area contributed by atoms with Gasteiger partial charge in [0.15, 0.2) is 0 Å². The molecule has 2 aliphatic rings. The molecule has 0 N–H and O–H groups in total. The number of para-hydroxylation sites is 1. The van der Waals surface area contributed by atoms with E-state index in [1.165, 1.54) is 100 Å². The third-order valence-corrected chi connectivity index (χ3v) is 12.4. The molecular weight excluding hydrogens is 641 g/mol. The summed E-state index contributed by atoms with van der Waals surface area (Å²) in [6.07, 6.45) is 8.13. The lowest BCUT2D eigenvalue weighted by atomic mass is 9.82. The number of hydrogen-bond donors (Lipinski definition) is 0. The number of nitrogens with zero attached hydrogens (tertiary/aromatic N) is 2. The quantitative estimate of drug-likeness (QED) is 0.164. The maximum absolute atomic E-state index is 2.61. The molecule has 2 aliphatic carbocycles. The van der Waals surface area contributed by atoms with Crippen LogP contribution in [0.1, 0.15) is 50.3 Å². The topological polar surface area (TPSA) is 9.86 Å². The van der Waals surface area contributed by atoms with Crippen LogP contribution in [0.15, 0.2) is 164 Å². The average molecular weight is 681 g/mol. The van der Waals surface area contributed by atoms with Gasteiger partial charge in [-0.25, -0.2) is 0 Å². The minimum Gasteiger partial charge on any atom is -0.337 e. The van der Waals surface area contributed by atoms with Crippen molar-refractivity contribution in [3.05, 3.63) is 175 Å². The second-order valence-corrected chi connectivity index (χ2v) is 15.6. The Kier molecular flexibility index (Phi) is 6.58. The summed E-state index contributed by atoms with van der Waals surface area (Å²) in [7, 11) is 0. The summed E-state index contributed by atoms with van der Waals surface area (Å²) < 4.78 is 5.09. The summed E-state index contributed by atoms with van der Waals surface area (Å²) >= 11 is 0. The Morgan fingerprint density at radius 2 is 1.11 bits per heavy atom. The van der Waals surface area contributed by atoms with Crippen LogP contribution in [0.4, 0.5) is 0 Å². The van der Waals surface area contributed by atoms with E-state index in [9.17, 15) is 0 Å². The number of benzene rings is 7. The Morgan fingerprint density at radius 1 is 0.472 bits per heavy atom. The zero-order valence-electron chi connectivity index (χ0n) is 30.2. The van der Waals surface area contributed by atoms with Crippen LogP contribution in [0.3, 0.4) is 0 Å². The van der Waals surface area contributed by atoms with Gasteiger partial charge in [0.05, 0.1) is 11.0 Å². The van der Waals surface area contributed by atoms with Crippen LogP contribution in [0.5, 0.6) is 0 Å². The maximum Gasteiger partial charge on any atom is 0.0544 e. The summed E-state index contributed by atoms with van der Waals surface area (Å²) in [5, 5.41) is 5.26. The molecule has 2 heterocycles. The molecule has 0 radical (unpaired) electrons. The molecule has 254 valence electrons. The first kappa shape index (κ1) is 30.5. The molecule has 0 amide bonds. The van der Waals surface area contributed by atoms with E-state index in [-0.39, 0.29) is 5.41 Å². The van der Waals surface area contributed by atoms with Crippen LogP contribution < -0.4 is 0 Å². The molecule has 2 nitrogen and oxygen atoms in total. The predicted molar refractivity (Wildman–Crippen MR) is 224 cm³/mol. The van der Waals surface area contributed by atoms with Crippen LogP contribution in [0.25, 0.3) is 82.7 Å². The standard InChI is InChI=1S/C51H40N2/c1-51(2)45-19-11-9-17-39(45)41-31-44-43-30-36(35-23-27-48-42(29-35)40-18-10-12-20-47(40)52(48)37-15-7-4-8-16-37)24-28-49(43)53(50(44)32-46(41)51)38-25-21-34(22-26-38)33-13-5-3-6-14-33/h3-7,9-14,17-32,37H,8,15-16H2,1-2H3. The van der Waals surface area contributed by atoms with Crippen molar-refractivity contribution >= 4 is 43.6 Å². The molecule has 0 bridgehead atoms. The average Bonchev–Trinajstić information content (AvgIpc) is 3.80. The molecule has 11 rings (SSSR count). The van der Waals surface area contributed by atoms with Crippen LogP contribution >= 0.6 is 0 Å². The summed E-state index contributed by atoms with van der Waals surface area (Å²) in [5.74, 6) is 0. The molecule has 2 aromatic heterocycles. The monoisotopic (exact) mass is 680 g/mol. The number of fused-ring (bicyclic) bond motifs is 9. The summed E-state index contributed by atoms with van der Waals surface area (Å²) in [5.41, 5.74) is 16.7. The molecule has 0 fully saturated rings. The molecule has 0 saturated heterocycles. The SMILES string of the molecule is CC1(C)c2ccccc2-c2cc3c4cc(-c5ccc6c(c5)c5ccccc5n6C5CC=CCC5)ccc4n(-c4ccc(-c5ccccc5)cc4)c3cc21. The molecule has 0 aliphatic heterocycles. The second-order valence-electron chi connectivity index (χ2n) is 15.6. The Hall–Kier alpha value is -6.12. The van der Waals surface area contributed by atoms with Crippen LogP contribution in [0, 0.1) is 0 Å². The van der Waals surface area contributed by atoms with E-state index in [1.54, 1.807) is 0 Å². The predicted octanol–water partition coefficient (Wildman–Crippen LogP) is 13.8. The van der Waals surface area contributed by atoms with E-state index < -0.39 is 0 Å². The minimum atomic E-state index is -0.0772. The first-order valence-electron chi connectivity index (χ1n) is 19.1. The highest BCUT2D eigenvalue weighted by molar-refractivity contribution is 6.14. The van der Waals surface area contributed by atoms with Crippen molar-refractivity contribution in [1.29, 1.82) is 0 Å². The van der Waals surface area contributed by atoms with Gasteiger partial charge in [-0.15, -0.1) is 0 Å².